The number of esters is 1. The molecule has 1 aromatic carbocycles. The summed E-state index contributed by atoms with van der Waals surface area (Å²) in [7, 11) is 1.50. The van der Waals surface area contributed by atoms with E-state index >= 15 is 0 Å². The van der Waals surface area contributed by atoms with E-state index in [-0.39, 0.29) is 5.97 Å². The van der Waals surface area contributed by atoms with Crippen LogP contribution in [0.4, 0.5) is 0 Å². The number of hydrogen-bond acceptors (Lipinski definition) is 4. The first-order valence-electron chi connectivity index (χ1n) is 7.71. The second kappa shape index (κ2) is 6.01. The standard InChI is InChI=1S/C17H23NO2S/c1-12-4-3-5-14(10-12)21-15-8-9-17(11-15,16(19)20-2)18-13-6-7-13/h3-5,10,13,15,18H,6-9,11H2,1-2H3. The number of benzene rings is 1. The van der Waals surface area contributed by atoms with Crippen LogP contribution in [-0.2, 0) is 9.53 Å². The fourth-order valence-electron chi connectivity index (χ4n) is 3.17. The van der Waals surface area contributed by atoms with Crippen LogP contribution in [0.15, 0.2) is 29.2 Å². The van der Waals surface area contributed by atoms with E-state index in [1.165, 1.54) is 30.4 Å². The van der Waals surface area contributed by atoms with Crippen molar-refractivity contribution in [2.75, 3.05) is 7.11 Å². The molecule has 1 aromatic rings. The molecule has 4 heteroatoms. The molecule has 0 amide bonds. The molecular formula is C17H23NO2S. The summed E-state index contributed by atoms with van der Waals surface area (Å²) in [6.07, 6.45) is 5.20. The molecule has 2 saturated carbocycles. The molecule has 2 fully saturated rings. The average molecular weight is 305 g/mol. The maximum absolute atomic E-state index is 12.3. The molecule has 3 rings (SSSR count). The van der Waals surface area contributed by atoms with E-state index in [2.05, 4.69) is 36.5 Å². The summed E-state index contributed by atoms with van der Waals surface area (Å²) in [5.74, 6) is -0.0817. The summed E-state index contributed by atoms with van der Waals surface area (Å²) in [6.45, 7) is 2.12. The zero-order chi connectivity index (χ0) is 14.9. The Morgan fingerprint density at radius 3 is 2.86 bits per heavy atom. The largest absolute Gasteiger partial charge is 0.468 e. The molecular weight excluding hydrogens is 282 g/mol. The summed E-state index contributed by atoms with van der Waals surface area (Å²) < 4.78 is 5.07. The number of aryl methyl sites for hydroxylation is 1. The normalized spacial score (nSPS) is 28.6. The average Bonchev–Trinajstić information content (AvgIpc) is 3.18. The van der Waals surface area contributed by atoms with Gasteiger partial charge in [-0.05, 0) is 51.2 Å². The molecule has 3 nitrogen and oxygen atoms in total. The highest BCUT2D eigenvalue weighted by Crippen LogP contribution is 2.42. The van der Waals surface area contributed by atoms with Crippen molar-refractivity contribution in [2.45, 2.75) is 60.8 Å². The number of hydrogen-bond donors (Lipinski definition) is 1. The zero-order valence-corrected chi connectivity index (χ0v) is 13.5. The highest BCUT2D eigenvalue weighted by Gasteiger charge is 2.48. The highest BCUT2D eigenvalue weighted by atomic mass is 32.2. The second-order valence-corrected chi connectivity index (χ2v) is 7.67. The van der Waals surface area contributed by atoms with Gasteiger partial charge in [-0.3, -0.25) is 10.1 Å². The maximum Gasteiger partial charge on any atom is 0.326 e. The highest BCUT2D eigenvalue weighted by molar-refractivity contribution is 8.00. The number of carbonyl (C=O) groups excluding carboxylic acids is 1. The Hall–Kier alpha value is -1.00. The molecule has 0 heterocycles. The lowest BCUT2D eigenvalue weighted by Gasteiger charge is -2.27. The minimum absolute atomic E-state index is 0.0817. The van der Waals surface area contributed by atoms with E-state index in [4.69, 9.17) is 4.74 Å². The molecule has 0 radical (unpaired) electrons. The Bertz CT molecular complexity index is 529. The third kappa shape index (κ3) is 3.43. The van der Waals surface area contributed by atoms with Crippen LogP contribution in [-0.4, -0.2) is 29.9 Å². The summed E-state index contributed by atoms with van der Waals surface area (Å²) in [4.78, 5) is 13.6. The summed E-state index contributed by atoms with van der Waals surface area (Å²) >= 11 is 1.90. The van der Waals surface area contributed by atoms with Crippen LogP contribution in [0.25, 0.3) is 0 Å². The van der Waals surface area contributed by atoms with Gasteiger partial charge >= 0.3 is 5.97 Å². The molecule has 2 aliphatic carbocycles. The minimum Gasteiger partial charge on any atom is -0.468 e. The number of carbonyl (C=O) groups is 1. The van der Waals surface area contributed by atoms with E-state index in [1.54, 1.807) is 0 Å². The van der Waals surface area contributed by atoms with Crippen LogP contribution in [0.3, 0.4) is 0 Å². The van der Waals surface area contributed by atoms with Gasteiger partial charge in [-0.25, -0.2) is 0 Å². The molecule has 0 spiro atoms. The van der Waals surface area contributed by atoms with Crippen molar-refractivity contribution in [3.8, 4) is 0 Å². The van der Waals surface area contributed by atoms with Gasteiger partial charge in [0.05, 0.1) is 7.11 Å². The van der Waals surface area contributed by atoms with Gasteiger partial charge in [0, 0.05) is 16.2 Å². The van der Waals surface area contributed by atoms with Crippen molar-refractivity contribution in [3.63, 3.8) is 0 Å². The Balaban J connectivity index is 1.68. The molecule has 114 valence electrons. The van der Waals surface area contributed by atoms with E-state index in [9.17, 15) is 4.79 Å². The van der Waals surface area contributed by atoms with E-state index < -0.39 is 5.54 Å². The summed E-state index contributed by atoms with van der Waals surface area (Å²) in [6, 6.07) is 9.11. The zero-order valence-electron chi connectivity index (χ0n) is 12.7. The summed E-state index contributed by atoms with van der Waals surface area (Å²) in [5, 5.41) is 4.04. The van der Waals surface area contributed by atoms with Gasteiger partial charge in [-0.15, -0.1) is 11.8 Å². The molecule has 0 aliphatic heterocycles. The molecule has 0 bridgehead atoms. The lowest BCUT2D eigenvalue weighted by Crippen LogP contribution is -2.52. The summed E-state index contributed by atoms with van der Waals surface area (Å²) in [5.41, 5.74) is 0.838. The Labute approximate surface area is 130 Å². The van der Waals surface area contributed by atoms with Gasteiger partial charge < -0.3 is 4.74 Å². The molecule has 2 unspecified atom stereocenters. The SMILES string of the molecule is COC(=O)C1(NC2CC2)CCC(Sc2cccc(C)c2)C1. The van der Waals surface area contributed by atoms with E-state index in [0.29, 0.717) is 11.3 Å². The van der Waals surface area contributed by atoms with Crippen LogP contribution in [0, 0.1) is 6.92 Å². The third-order valence-corrected chi connectivity index (χ3v) is 5.66. The van der Waals surface area contributed by atoms with Crippen molar-refractivity contribution in [1.29, 1.82) is 0 Å². The predicted molar refractivity (Wildman–Crippen MR) is 85.6 cm³/mol. The monoisotopic (exact) mass is 305 g/mol. The van der Waals surface area contributed by atoms with Crippen molar-refractivity contribution in [2.24, 2.45) is 0 Å². The van der Waals surface area contributed by atoms with Gasteiger partial charge in [-0.2, -0.15) is 0 Å². The second-order valence-electron chi connectivity index (χ2n) is 6.29. The fraction of sp³-hybridized carbons (Fsp3) is 0.588. The molecule has 1 N–H and O–H groups in total. The molecule has 21 heavy (non-hydrogen) atoms. The van der Waals surface area contributed by atoms with Gasteiger partial charge in [0.1, 0.15) is 5.54 Å². The predicted octanol–water partition coefficient (Wildman–Crippen LogP) is 3.30. The van der Waals surface area contributed by atoms with E-state index in [0.717, 1.165) is 19.3 Å². The Morgan fingerprint density at radius 1 is 1.38 bits per heavy atom. The molecule has 2 atom stereocenters. The lowest BCUT2D eigenvalue weighted by molar-refractivity contribution is -0.148. The van der Waals surface area contributed by atoms with Crippen LogP contribution < -0.4 is 5.32 Å². The van der Waals surface area contributed by atoms with Gasteiger partial charge in [0.25, 0.3) is 0 Å². The van der Waals surface area contributed by atoms with E-state index in [1.807, 2.05) is 11.8 Å². The van der Waals surface area contributed by atoms with Gasteiger partial charge in [-0.1, -0.05) is 17.7 Å². The topological polar surface area (TPSA) is 38.3 Å². The van der Waals surface area contributed by atoms with Crippen molar-refractivity contribution >= 4 is 17.7 Å². The van der Waals surface area contributed by atoms with Gasteiger partial charge in [0.2, 0.25) is 0 Å². The Morgan fingerprint density at radius 2 is 2.19 bits per heavy atom. The van der Waals surface area contributed by atoms with Crippen LogP contribution in [0.5, 0.6) is 0 Å². The van der Waals surface area contributed by atoms with Crippen molar-refractivity contribution in [1.82, 2.24) is 5.32 Å². The number of nitrogens with one attached hydrogen (secondary N) is 1. The minimum atomic E-state index is -0.447. The first-order chi connectivity index (χ1) is 10.1. The molecule has 2 aliphatic rings. The Kier molecular flexibility index (Phi) is 4.27. The molecule has 0 saturated heterocycles. The maximum atomic E-state index is 12.3. The van der Waals surface area contributed by atoms with Crippen molar-refractivity contribution < 1.29 is 9.53 Å². The number of rotatable bonds is 5. The van der Waals surface area contributed by atoms with Gasteiger partial charge in [0.15, 0.2) is 0 Å². The number of ether oxygens (including phenoxy) is 1. The molecule has 0 aromatic heterocycles. The first kappa shape index (κ1) is 14.9. The smallest absolute Gasteiger partial charge is 0.326 e. The first-order valence-corrected chi connectivity index (χ1v) is 8.59. The third-order valence-electron chi connectivity index (χ3n) is 4.40. The quantitative estimate of drug-likeness (QED) is 0.847. The van der Waals surface area contributed by atoms with Crippen molar-refractivity contribution in [3.05, 3.63) is 29.8 Å². The van der Waals surface area contributed by atoms with Crippen LogP contribution in [0.2, 0.25) is 0 Å². The van der Waals surface area contributed by atoms with Crippen LogP contribution in [0.1, 0.15) is 37.7 Å². The fourth-order valence-corrected chi connectivity index (χ4v) is 4.57. The lowest BCUT2D eigenvalue weighted by atomic mass is 9.97. The number of thioether (sulfide) groups is 1. The van der Waals surface area contributed by atoms with Crippen LogP contribution >= 0.6 is 11.8 Å². The number of methoxy groups -OCH3 is 1.